The summed E-state index contributed by atoms with van der Waals surface area (Å²) in [4.78, 5) is 22.2. The van der Waals surface area contributed by atoms with Crippen LogP contribution in [0.4, 0.5) is 4.79 Å². The molecule has 0 aromatic carbocycles. The molecule has 16 heavy (non-hydrogen) atoms. The molecule has 0 aliphatic rings. The summed E-state index contributed by atoms with van der Waals surface area (Å²) in [6.45, 7) is 5.27. The normalized spacial score (nSPS) is 13.7. The van der Waals surface area contributed by atoms with E-state index in [2.05, 4.69) is 16.6 Å². The number of urea groups is 1. The molecule has 0 saturated heterocycles. The highest BCUT2D eigenvalue weighted by molar-refractivity contribution is 5.83. The molecular formula is C11H18N2O3. The van der Waals surface area contributed by atoms with Crippen LogP contribution >= 0.6 is 0 Å². The number of carboxylic acid groups (broad SMARTS) is 1. The van der Waals surface area contributed by atoms with Crippen molar-refractivity contribution in [3.8, 4) is 12.3 Å². The highest BCUT2D eigenvalue weighted by Gasteiger charge is 2.23. The third-order valence-electron chi connectivity index (χ3n) is 2.13. The Morgan fingerprint density at radius 3 is 2.25 bits per heavy atom. The van der Waals surface area contributed by atoms with Gasteiger partial charge in [0.2, 0.25) is 0 Å². The number of carboxylic acids is 1. The first-order chi connectivity index (χ1) is 7.42. The molecule has 2 unspecified atom stereocenters. The third kappa shape index (κ3) is 4.69. The lowest BCUT2D eigenvalue weighted by molar-refractivity contribution is -0.140. The molecule has 2 amide bonds. The van der Waals surface area contributed by atoms with Crippen molar-refractivity contribution < 1.29 is 14.7 Å². The minimum atomic E-state index is -1.06. The summed E-state index contributed by atoms with van der Waals surface area (Å²) in [5.41, 5.74) is 0. The molecule has 0 radical (unpaired) electrons. The van der Waals surface area contributed by atoms with Crippen LogP contribution in [0.15, 0.2) is 0 Å². The van der Waals surface area contributed by atoms with Crippen molar-refractivity contribution in [2.24, 2.45) is 5.92 Å². The van der Waals surface area contributed by atoms with E-state index in [9.17, 15) is 9.59 Å². The number of hydrogen-bond acceptors (Lipinski definition) is 2. The van der Waals surface area contributed by atoms with Crippen molar-refractivity contribution in [1.29, 1.82) is 0 Å². The molecule has 0 rings (SSSR count). The second-order valence-electron chi connectivity index (χ2n) is 3.81. The third-order valence-corrected chi connectivity index (χ3v) is 2.13. The van der Waals surface area contributed by atoms with Crippen molar-refractivity contribution in [1.82, 2.24) is 10.6 Å². The first-order valence-corrected chi connectivity index (χ1v) is 5.18. The summed E-state index contributed by atoms with van der Waals surface area (Å²) < 4.78 is 0. The van der Waals surface area contributed by atoms with Crippen LogP contribution in [0.25, 0.3) is 0 Å². The Balaban J connectivity index is 4.32. The number of nitrogens with one attached hydrogen (secondary N) is 2. The highest BCUT2D eigenvalue weighted by atomic mass is 16.4. The maximum atomic E-state index is 11.4. The fraction of sp³-hybridized carbons (Fsp3) is 0.636. The second-order valence-corrected chi connectivity index (χ2v) is 3.81. The van der Waals surface area contributed by atoms with E-state index in [4.69, 9.17) is 11.5 Å². The number of amides is 2. The van der Waals surface area contributed by atoms with E-state index in [1.807, 2.05) is 6.92 Å². The monoisotopic (exact) mass is 226 g/mol. The second kappa shape index (κ2) is 6.72. The number of hydrogen-bond donors (Lipinski definition) is 3. The number of rotatable bonds is 5. The Morgan fingerprint density at radius 2 is 1.94 bits per heavy atom. The van der Waals surface area contributed by atoms with Crippen molar-refractivity contribution >= 4 is 12.0 Å². The maximum Gasteiger partial charge on any atom is 0.326 e. The molecule has 0 heterocycles. The van der Waals surface area contributed by atoms with E-state index in [0.29, 0.717) is 6.42 Å². The Morgan fingerprint density at radius 1 is 1.38 bits per heavy atom. The number of terminal acetylenes is 1. The van der Waals surface area contributed by atoms with Gasteiger partial charge in [0.05, 0.1) is 6.04 Å². The summed E-state index contributed by atoms with van der Waals surface area (Å²) in [6, 6.07) is -1.83. The van der Waals surface area contributed by atoms with Crippen LogP contribution in [-0.2, 0) is 4.79 Å². The smallest absolute Gasteiger partial charge is 0.326 e. The van der Waals surface area contributed by atoms with Gasteiger partial charge in [-0.3, -0.25) is 0 Å². The zero-order valence-electron chi connectivity index (χ0n) is 9.78. The largest absolute Gasteiger partial charge is 0.480 e. The lowest BCUT2D eigenvalue weighted by Gasteiger charge is -2.19. The van der Waals surface area contributed by atoms with Gasteiger partial charge in [-0.1, -0.05) is 26.7 Å². The Hall–Kier alpha value is -1.70. The summed E-state index contributed by atoms with van der Waals surface area (Å²) in [5.74, 6) is 1.15. The zero-order chi connectivity index (χ0) is 12.7. The molecule has 0 aliphatic heterocycles. The molecule has 2 atom stereocenters. The Bertz CT molecular complexity index is 294. The Kier molecular flexibility index (Phi) is 6.01. The van der Waals surface area contributed by atoms with Gasteiger partial charge >= 0.3 is 12.0 Å². The van der Waals surface area contributed by atoms with Crippen molar-refractivity contribution in [2.75, 3.05) is 0 Å². The van der Waals surface area contributed by atoms with Gasteiger partial charge in [0.25, 0.3) is 0 Å². The first-order valence-electron chi connectivity index (χ1n) is 5.18. The fourth-order valence-electron chi connectivity index (χ4n) is 1.12. The SMILES string of the molecule is C#CC(CC)NC(=O)NC(C(=O)O)C(C)C. The van der Waals surface area contributed by atoms with E-state index in [1.165, 1.54) is 0 Å². The van der Waals surface area contributed by atoms with Crippen molar-refractivity contribution in [3.63, 3.8) is 0 Å². The van der Waals surface area contributed by atoms with Crippen molar-refractivity contribution in [3.05, 3.63) is 0 Å². The molecule has 0 saturated carbocycles. The molecule has 0 aliphatic carbocycles. The first kappa shape index (κ1) is 14.3. The maximum absolute atomic E-state index is 11.4. The topological polar surface area (TPSA) is 78.4 Å². The quantitative estimate of drug-likeness (QED) is 0.607. The lowest BCUT2D eigenvalue weighted by Crippen LogP contribution is -2.50. The Labute approximate surface area is 95.6 Å². The van der Waals surface area contributed by atoms with Gasteiger partial charge in [-0.05, 0) is 12.3 Å². The van der Waals surface area contributed by atoms with Gasteiger partial charge in [-0.25, -0.2) is 9.59 Å². The molecule has 0 aromatic heterocycles. The van der Waals surface area contributed by atoms with Crippen LogP contribution in [0.1, 0.15) is 27.2 Å². The molecule has 0 spiro atoms. The van der Waals surface area contributed by atoms with Crippen LogP contribution in [0, 0.1) is 18.3 Å². The minimum absolute atomic E-state index is 0.186. The van der Waals surface area contributed by atoms with Crippen LogP contribution < -0.4 is 10.6 Å². The predicted octanol–water partition coefficient (Wildman–Crippen LogP) is 0.807. The van der Waals surface area contributed by atoms with Crippen LogP contribution in [0.2, 0.25) is 0 Å². The molecule has 5 heteroatoms. The lowest BCUT2D eigenvalue weighted by atomic mass is 10.1. The van der Waals surface area contributed by atoms with E-state index in [-0.39, 0.29) is 12.0 Å². The summed E-state index contributed by atoms with van der Waals surface area (Å²) in [5, 5.41) is 13.7. The molecule has 3 N–H and O–H groups in total. The standard InChI is InChI=1S/C11H18N2O3/c1-5-8(6-2)12-11(16)13-9(7(3)4)10(14)15/h1,7-9H,6H2,2-4H3,(H,14,15)(H2,12,13,16). The van der Waals surface area contributed by atoms with Gasteiger partial charge in [0.15, 0.2) is 0 Å². The van der Waals surface area contributed by atoms with E-state index in [0.717, 1.165) is 0 Å². The molecule has 0 fully saturated rings. The molecule has 90 valence electrons. The average Bonchev–Trinajstić information content (AvgIpc) is 2.21. The highest BCUT2D eigenvalue weighted by Crippen LogP contribution is 2.01. The van der Waals surface area contributed by atoms with Gasteiger partial charge in [0, 0.05) is 0 Å². The molecule has 5 nitrogen and oxygen atoms in total. The minimum Gasteiger partial charge on any atom is -0.480 e. The number of carbonyl (C=O) groups is 2. The van der Waals surface area contributed by atoms with Crippen LogP contribution in [-0.4, -0.2) is 29.2 Å². The van der Waals surface area contributed by atoms with Crippen LogP contribution in [0.5, 0.6) is 0 Å². The van der Waals surface area contributed by atoms with Gasteiger partial charge in [-0.15, -0.1) is 6.42 Å². The van der Waals surface area contributed by atoms with E-state index in [1.54, 1.807) is 13.8 Å². The van der Waals surface area contributed by atoms with Crippen LogP contribution in [0.3, 0.4) is 0 Å². The zero-order valence-corrected chi connectivity index (χ0v) is 9.78. The summed E-state index contributed by atoms with van der Waals surface area (Å²) in [6.07, 6.45) is 5.77. The van der Waals surface area contributed by atoms with Gasteiger partial charge in [-0.2, -0.15) is 0 Å². The number of carbonyl (C=O) groups excluding carboxylic acids is 1. The van der Waals surface area contributed by atoms with Gasteiger partial charge in [0.1, 0.15) is 6.04 Å². The molecule has 0 bridgehead atoms. The van der Waals surface area contributed by atoms with E-state index < -0.39 is 18.0 Å². The van der Waals surface area contributed by atoms with E-state index >= 15 is 0 Å². The molecular weight excluding hydrogens is 208 g/mol. The fourth-order valence-corrected chi connectivity index (χ4v) is 1.12. The van der Waals surface area contributed by atoms with Gasteiger partial charge < -0.3 is 15.7 Å². The predicted molar refractivity (Wildman–Crippen MR) is 60.8 cm³/mol. The summed E-state index contributed by atoms with van der Waals surface area (Å²) in [7, 11) is 0. The summed E-state index contributed by atoms with van der Waals surface area (Å²) >= 11 is 0. The number of aliphatic carboxylic acids is 1. The molecule has 0 aromatic rings. The average molecular weight is 226 g/mol. The van der Waals surface area contributed by atoms with Crippen molar-refractivity contribution in [2.45, 2.75) is 39.3 Å².